The summed E-state index contributed by atoms with van der Waals surface area (Å²) in [5, 5.41) is 2.68. The summed E-state index contributed by atoms with van der Waals surface area (Å²) in [6.45, 7) is 3.75. The van der Waals surface area contributed by atoms with Crippen LogP contribution in [0.2, 0.25) is 0 Å². The highest BCUT2D eigenvalue weighted by Gasteiger charge is 2.17. The van der Waals surface area contributed by atoms with Gasteiger partial charge in [-0.25, -0.2) is 14.3 Å². The van der Waals surface area contributed by atoms with Gasteiger partial charge in [-0.1, -0.05) is 30.3 Å². The molecule has 0 radical (unpaired) electrons. The molecule has 0 amide bonds. The standard InChI is InChI=1S/C16H15N3O3/c1-3-22-16(21)12-9-19-14(17-10(12)2)13(15(20)18-19)11-7-5-4-6-8-11/h4-9H,3H2,1-2H3,(H,18,20). The number of ether oxygens (including phenoxy) is 1. The minimum absolute atomic E-state index is 0.251. The van der Waals surface area contributed by atoms with Crippen LogP contribution in [0.5, 0.6) is 0 Å². The molecular formula is C16H15N3O3. The molecule has 0 saturated heterocycles. The number of aryl methyl sites for hydroxylation is 1. The molecule has 6 nitrogen and oxygen atoms in total. The second kappa shape index (κ2) is 5.48. The summed E-state index contributed by atoms with van der Waals surface area (Å²) in [6.07, 6.45) is 1.55. The Hall–Kier alpha value is -2.89. The highest BCUT2D eigenvalue weighted by molar-refractivity contribution is 5.91. The first kappa shape index (κ1) is 14.1. The van der Waals surface area contributed by atoms with Gasteiger partial charge in [-0.05, 0) is 19.4 Å². The van der Waals surface area contributed by atoms with E-state index < -0.39 is 5.97 Å². The average Bonchev–Trinajstić information content (AvgIpc) is 2.82. The molecule has 22 heavy (non-hydrogen) atoms. The van der Waals surface area contributed by atoms with Crippen molar-refractivity contribution in [2.75, 3.05) is 6.61 Å². The predicted octanol–water partition coefficient (Wildman–Crippen LogP) is 2.17. The molecular weight excluding hydrogens is 282 g/mol. The number of aromatic amines is 1. The van der Waals surface area contributed by atoms with Crippen LogP contribution in [0.15, 0.2) is 41.3 Å². The third-order valence-electron chi connectivity index (χ3n) is 3.38. The van der Waals surface area contributed by atoms with E-state index in [-0.39, 0.29) is 12.2 Å². The van der Waals surface area contributed by atoms with Crippen LogP contribution in [-0.4, -0.2) is 27.2 Å². The maximum Gasteiger partial charge on any atom is 0.341 e. The van der Waals surface area contributed by atoms with E-state index in [0.29, 0.717) is 22.5 Å². The Morgan fingerprint density at radius 3 is 2.73 bits per heavy atom. The number of aromatic nitrogens is 3. The van der Waals surface area contributed by atoms with Gasteiger partial charge in [-0.2, -0.15) is 0 Å². The summed E-state index contributed by atoms with van der Waals surface area (Å²) in [4.78, 5) is 28.5. The van der Waals surface area contributed by atoms with Crippen LogP contribution in [0, 0.1) is 6.92 Å². The maximum absolute atomic E-state index is 12.2. The molecule has 1 N–H and O–H groups in total. The molecule has 6 heteroatoms. The minimum Gasteiger partial charge on any atom is -0.462 e. The van der Waals surface area contributed by atoms with Crippen molar-refractivity contribution in [1.29, 1.82) is 0 Å². The molecule has 0 aliphatic carbocycles. The molecule has 0 saturated carbocycles. The number of H-pyrrole nitrogens is 1. The number of nitrogens with zero attached hydrogens (tertiary/aromatic N) is 2. The number of hydrogen-bond acceptors (Lipinski definition) is 4. The Bertz CT molecular complexity index is 894. The first-order valence-corrected chi connectivity index (χ1v) is 6.96. The third kappa shape index (κ3) is 2.28. The van der Waals surface area contributed by atoms with Crippen molar-refractivity contribution >= 4 is 11.6 Å². The average molecular weight is 297 g/mol. The van der Waals surface area contributed by atoms with Crippen molar-refractivity contribution in [3.63, 3.8) is 0 Å². The molecule has 0 aliphatic heterocycles. The largest absolute Gasteiger partial charge is 0.462 e. The zero-order chi connectivity index (χ0) is 15.7. The summed E-state index contributed by atoms with van der Waals surface area (Å²) in [5.41, 5.74) is 2.36. The number of fused-ring (bicyclic) bond motifs is 1. The lowest BCUT2D eigenvalue weighted by Gasteiger charge is -2.06. The van der Waals surface area contributed by atoms with Crippen molar-refractivity contribution in [2.24, 2.45) is 0 Å². The van der Waals surface area contributed by atoms with Gasteiger partial charge in [0.15, 0.2) is 5.65 Å². The van der Waals surface area contributed by atoms with Gasteiger partial charge in [-0.3, -0.25) is 9.89 Å². The Balaban J connectivity index is 2.22. The number of carbonyl (C=O) groups excluding carboxylic acids is 1. The molecule has 0 aliphatic rings. The van der Waals surface area contributed by atoms with Crippen LogP contribution in [0.3, 0.4) is 0 Å². The zero-order valence-electron chi connectivity index (χ0n) is 12.3. The van der Waals surface area contributed by atoms with Crippen molar-refractivity contribution in [1.82, 2.24) is 14.6 Å². The van der Waals surface area contributed by atoms with Gasteiger partial charge in [0.25, 0.3) is 5.56 Å². The maximum atomic E-state index is 12.2. The Morgan fingerprint density at radius 2 is 2.05 bits per heavy atom. The van der Waals surface area contributed by atoms with Gasteiger partial charge in [0.2, 0.25) is 0 Å². The first-order chi connectivity index (χ1) is 10.6. The van der Waals surface area contributed by atoms with Crippen LogP contribution in [0.25, 0.3) is 16.8 Å². The van der Waals surface area contributed by atoms with Crippen LogP contribution < -0.4 is 5.56 Å². The van der Waals surface area contributed by atoms with Crippen LogP contribution >= 0.6 is 0 Å². The van der Waals surface area contributed by atoms with Crippen molar-refractivity contribution in [2.45, 2.75) is 13.8 Å². The summed E-state index contributed by atoms with van der Waals surface area (Å²) >= 11 is 0. The Morgan fingerprint density at radius 1 is 1.32 bits per heavy atom. The topological polar surface area (TPSA) is 76.5 Å². The van der Waals surface area contributed by atoms with E-state index in [9.17, 15) is 9.59 Å². The van der Waals surface area contributed by atoms with Crippen molar-refractivity contribution < 1.29 is 9.53 Å². The number of rotatable bonds is 3. The van der Waals surface area contributed by atoms with Gasteiger partial charge in [0.1, 0.15) is 0 Å². The third-order valence-corrected chi connectivity index (χ3v) is 3.38. The van der Waals surface area contributed by atoms with Gasteiger partial charge in [0, 0.05) is 6.20 Å². The molecule has 3 rings (SSSR count). The van der Waals surface area contributed by atoms with Crippen LogP contribution in [0.4, 0.5) is 0 Å². The summed E-state index contributed by atoms with van der Waals surface area (Å²) in [5.74, 6) is -0.454. The number of benzene rings is 1. The van der Waals surface area contributed by atoms with Crippen molar-refractivity contribution in [3.8, 4) is 11.1 Å². The van der Waals surface area contributed by atoms with Gasteiger partial charge in [0.05, 0.1) is 23.4 Å². The van der Waals surface area contributed by atoms with E-state index >= 15 is 0 Å². The van der Waals surface area contributed by atoms with E-state index in [1.807, 2.05) is 30.3 Å². The quantitative estimate of drug-likeness (QED) is 0.752. The molecule has 0 bridgehead atoms. The molecule has 0 unspecified atom stereocenters. The number of carbonyl (C=O) groups is 1. The fourth-order valence-corrected chi connectivity index (χ4v) is 2.36. The van der Waals surface area contributed by atoms with E-state index in [0.717, 1.165) is 5.56 Å². The fraction of sp³-hybridized carbons (Fsp3) is 0.188. The molecule has 0 atom stereocenters. The second-order valence-electron chi connectivity index (χ2n) is 4.84. The normalized spacial score (nSPS) is 10.8. The number of nitrogens with one attached hydrogen (secondary N) is 1. The molecule has 2 heterocycles. The lowest BCUT2D eigenvalue weighted by atomic mass is 10.1. The van der Waals surface area contributed by atoms with E-state index in [4.69, 9.17) is 4.74 Å². The highest BCUT2D eigenvalue weighted by atomic mass is 16.5. The van der Waals surface area contributed by atoms with E-state index in [1.54, 1.807) is 20.0 Å². The fourth-order valence-electron chi connectivity index (χ4n) is 2.36. The minimum atomic E-state index is -0.454. The van der Waals surface area contributed by atoms with Crippen LogP contribution in [-0.2, 0) is 4.74 Å². The molecule has 112 valence electrons. The first-order valence-electron chi connectivity index (χ1n) is 6.96. The van der Waals surface area contributed by atoms with Gasteiger partial charge in [-0.15, -0.1) is 0 Å². The zero-order valence-corrected chi connectivity index (χ0v) is 12.3. The molecule has 1 aromatic carbocycles. The molecule has 2 aromatic heterocycles. The molecule has 0 spiro atoms. The smallest absolute Gasteiger partial charge is 0.341 e. The number of esters is 1. The summed E-state index contributed by atoms with van der Waals surface area (Å²) in [6, 6.07) is 9.30. The second-order valence-corrected chi connectivity index (χ2v) is 4.84. The SMILES string of the molecule is CCOC(=O)c1cn2[nH]c(=O)c(-c3ccccc3)c2nc1C. The van der Waals surface area contributed by atoms with Crippen molar-refractivity contribution in [3.05, 3.63) is 58.1 Å². The van der Waals surface area contributed by atoms with E-state index in [1.165, 1.54) is 4.52 Å². The Labute approximate surface area is 126 Å². The summed E-state index contributed by atoms with van der Waals surface area (Å²) < 4.78 is 6.46. The monoisotopic (exact) mass is 297 g/mol. The number of hydrogen-bond donors (Lipinski definition) is 1. The van der Waals surface area contributed by atoms with Gasteiger partial charge >= 0.3 is 5.97 Å². The molecule has 3 aromatic rings. The molecule has 0 fully saturated rings. The summed E-state index contributed by atoms with van der Waals surface area (Å²) in [7, 11) is 0. The lowest BCUT2D eigenvalue weighted by molar-refractivity contribution is 0.0524. The highest BCUT2D eigenvalue weighted by Crippen LogP contribution is 2.20. The Kier molecular flexibility index (Phi) is 3.50. The lowest BCUT2D eigenvalue weighted by Crippen LogP contribution is -2.10. The van der Waals surface area contributed by atoms with Crippen LogP contribution in [0.1, 0.15) is 23.0 Å². The van der Waals surface area contributed by atoms with E-state index in [2.05, 4.69) is 10.1 Å². The van der Waals surface area contributed by atoms with Gasteiger partial charge < -0.3 is 4.74 Å². The predicted molar refractivity (Wildman–Crippen MR) is 81.9 cm³/mol.